The van der Waals surface area contributed by atoms with Crippen molar-refractivity contribution in [3.63, 3.8) is 0 Å². The topological polar surface area (TPSA) is 62.4 Å². The first-order valence-electron chi connectivity index (χ1n) is 7.96. The van der Waals surface area contributed by atoms with Crippen molar-refractivity contribution < 1.29 is 9.53 Å². The predicted octanol–water partition coefficient (Wildman–Crippen LogP) is 4.36. The Labute approximate surface area is 154 Å². The number of Topliss-reactive ketones (excluding diaryl/α,β-unsaturated/α-hetero) is 1. The van der Waals surface area contributed by atoms with Crippen LogP contribution in [0.3, 0.4) is 0 Å². The highest BCUT2D eigenvalue weighted by molar-refractivity contribution is 9.11. The van der Waals surface area contributed by atoms with Crippen molar-refractivity contribution in [3.8, 4) is 11.8 Å². The summed E-state index contributed by atoms with van der Waals surface area (Å²) in [4.78, 5) is 18.0. The summed E-state index contributed by atoms with van der Waals surface area (Å²) >= 11 is 3.49. The van der Waals surface area contributed by atoms with E-state index in [-0.39, 0.29) is 5.78 Å². The lowest BCUT2D eigenvalue weighted by atomic mass is 9.67. The molecule has 0 radical (unpaired) electrons. The summed E-state index contributed by atoms with van der Waals surface area (Å²) in [5, 5.41) is 9.37. The fourth-order valence-electron chi connectivity index (χ4n) is 3.73. The van der Waals surface area contributed by atoms with Crippen LogP contribution < -0.4 is 4.74 Å². The zero-order valence-corrected chi connectivity index (χ0v) is 15.7. The Balaban J connectivity index is 2.02. The Hall–Kier alpha value is -2.45. The highest BCUT2D eigenvalue weighted by atomic mass is 79.9. The van der Waals surface area contributed by atoms with Gasteiger partial charge < -0.3 is 4.74 Å². The van der Waals surface area contributed by atoms with E-state index in [1.165, 1.54) is 7.11 Å². The first-order chi connectivity index (χ1) is 11.9. The molecule has 0 aromatic heterocycles. The van der Waals surface area contributed by atoms with E-state index in [9.17, 15) is 10.1 Å². The van der Waals surface area contributed by atoms with Crippen molar-refractivity contribution in [1.82, 2.24) is 0 Å². The van der Waals surface area contributed by atoms with Crippen molar-refractivity contribution >= 4 is 27.4 Å². The number of ketones is 1. The first kappa shape index (κ1) is 16.0. The van der Waals surface area contributed by atoms with Crippen molar-refractivity contribution in [2.75, 3.05) is 7.11 Å². The van der Waals surface area contributed by atoms with E-state index in [4.69, 9.17) is 9.73 Å². The molecular weight excluding hydrogens is 380 g/mol. The van der Waals surface area contributed by atoms with E-state index in [1.807, 2.05) is 12.2 Å². The number of carbonyl (C=O) groups excluding carboxylic acids is 1. The van der Waals surface area contributed by atoms with Gasteiger partial charge in [-0.15, -0.1) is 0 Å². The second-order valence-electron chi connectivity index (χ2n) is 6.80. The summed E-state index contributed by atoms with van der Waals surface area (Å²) in [6, 6.07) is 5.57. The van der Waals surface area contributed by atoms with Crippen LogP contribution in [0.5, 0.6) is 5.75 Å². The van der Waals surface area contributed by atoms with Crippen molar-refractivity contribution in [2.24, 2.45) is 4.99 Å². The molecule has 1 aliphatic heterocycles. The van der Waals surface area contributed by atoms with Gasteiger partial charge in [0.2, 0.25) is 0 Å². The van der Waals surface area contributed by atoms with Gasteiger partial charge in [-0.1, -0.05) is 35.9 Å². The molecule has 5 heteroatoms. The van der Waals surface area contributed by atoms with E-state index < -0.39 is 5.41 Å². The fourth-order valence-corrected chi connectivity index (χ4v) is 4.11. The van der Waals surface area contributed by atoms with Crippen molar-refractivity contribution in [2.45, 2.75) is 25.7 Å². The molecule has 0 unspecified atom stereocenters. The van der Waals surface area contributed by atoms with Crippen molar-refractivity contribution in [3.05, 3.63) is 62.3 Å². The number of fused-ring (bicyclic) bond motifs is 3. The monoisotopic (exact) mass is 394 g/mol. The summed E-state index contributed by atoms with van der Waals surface area (Å²) in [6.07, 6.45) is 4.66. The van der Waals surface area contributed by atoms with Crippen molar-refractivity contribution in [1.29, 1.82) is 5.26 Å². The Morgan fingerprint density at radius 1 is 1.36 bits per heavy atom. The van der Waals surface area contributed by atoms with Gasteiger partial charge in [-0.3, -0.25) is 9.79 Å². The van der Waals surface area contributed by atoms with Gasteiger partial charge in [0.15, 0.2) is 5.78 Å². The maximum atomic E-state index is 13.2. The number of nitrogens with zero attached hydrogens (tertiary/aromatic N) is 2. The van der Waals surface area contributed by atoms with Gasteiger partial charge in [-0.05, 0) is 35.8 Å². The van der Waals surface area contributed by atoms with Crippen LogP contribution in [-0.2, 0) is 5.41 Å². The average Bonchev–Trinajstić information content (AvgIpc) is 2.98. The minimum absolute atomic E-state index is 0.0583. The van der Waals surface area contributed by atoms with Gasteiger partial charge in [0, 0.05) is 15.5 Å². The number of carbonyl (C=O) groups is 1. The van der Waals surface area contributed by atoms with E-state index >= 15 is 0 Å². The molecule has 0 spiro atoms. The molecule has 3 aliphatic rings. The van der Waals surface area contributed by atoms with E-state index in [0.29, 0.717) is 28.9 Å². The van der Waals surface area contributed by atoms with Gasteiger partial charge in [0.25, 0.3) is 0 Å². The van der Waals surface area contributed by atoms with Crippen LogP contribution in [0.1, 0.15) is 41.8 Å². The van der Waals surface area contributed by atoms with E-state index in [2.05, 4.69) is 35.8 Å². The standard InChI is InChI=1S/C20H15BrN2O2/c1-20(2)14-8-16(25-3)10(9-22)6-13(14)18(24)17-12-5-4-11(21)7-15(12)23-19(17)20/h4,6-8H,5H2,1-3H3. The number of halogens is 1. The maximum Gasteiger partial charge on any atom is 0.195 e. The minimum Gasteiger partial charge on any atom is -0.495 e. The third-order valence-electron chi connectivity index (χ3n) is 5.05. The first-order valence-corrected chi connectivity index (χ1v) is 8.75. The van der Waals surface area contributed by atoms with Gasteiger partial charge in [0.1, 0.15) is 11.8 Å². The zero-order chi connectivity index (χ0) is 17.9. The molecule has 0 saturated heterocycles. The van der Waals surface area contributed by atoms with Gasteiger partial charge in [-0.25, -0.2) is 0 Å². The van der Waals surface area contributed by atoms with E-state index in [0.717, 1.165) is 27.0 Å². The van der Waals surface area contributed by atoms with Gasteiger partial charge in [0.05, 0.1) is 29.7 Å². The Morgan fingerprint density at radius 3 is 2.80 bits per heavy atom. The maximum absolute atomic E-state index is 13.2. The number of hydrogen-bond acceptors (Lipinski definition) is 4. The molecule has 0 bridgehead atoms. The lowest BCUT2D eigenvalue weighted by Crippen LogP contribution is -2.38. The number of methoxy groups -OCH3 is 1. The third-order valence-corrected chi connectivity index (χ3v) is 5.61. The molecule has 25 heavy (non-hydrogen) atoms. The molecule has 1 heterocycles. The molecule has 1 aromatic rings. The number of benzene rings is 1. The molecule has 0 atom stereocenters. The molecule has 0 saturated carbocycles. The summed E-state index contributed by atoms with van der Waals surface area (Å²) in [7, 11) is 1.53. The summed E-state index contributed by atoms with van der Waals surface area (Å²) in [6.45, 7) is 4.12. The highest BCUT2D eigenvalue weighted by Crippen LogP contribution is 2.47. The van der Waals surface area contributed by atoms with Crippen LogP contribution in [0.4, 0.5) is 0 Å². The molecule has 0 N–H and O–H groups in total. The highest BCUT2D eigenvalue weighted by Gasteiger charge is 2.45. The predicted molar refractivity (Wildman–Crippen MR) is 99.2 cm³/mol. The molecular formula is C20H15BrN2O2. The molecule has 124 valence electrons. The normalized spacial score (nSPS) is 20.0. The van der Waals surface area contributed by atoms with Crippen LogP contribution in [0.25, 0.3) is 0 Å². The number of ether oxygens (including phenoxy) is 1. The van der Waals surface area contributed by atoms with Crippen LogP contribution in [-0.4, -0.2) is 18.6 Å². The van der Waals surface area contributed by atoms with Crippen LogP contribution in [0.2, 0.25) is 0 Å². The van der Waals surface area contributed by atoms with Crippen LogP contribution in [0.15, 0.2) is 50.6 Å². The summed E-state index contributed by atoms with van der Waals surface area (Å²) < 4.78 is 6.32. The Bertz CT molecular complexity index is 1020. The van der Waals surface area contributed by atoms with Crippen LogP contribution in [0, 0.1) is 11.3 Å². The second-order valence-corrected chi connectivity index (χ2v) is 7.72. The number of hydrogen-bond donors (Lipinski definition) is 0. The zero-order valence-electron chi connectivity index (χ0n) is 14.1. The summed E-state index contributed by atoms with van der Waals surface area (Å²) in [5.41, 5.74) is 4.65. The molecule has 4 nitrogen and oxygen atoms in total. The molecule has 0 amide bonds. The van der Waals surface area contributed by atoms with Crippen LogP contribution >= 0.6 is 15.9 Å². The van der Waals surface area contributed by atoms with Gasteiger partial charge in [-0.2, -0.15) is 5.26 Å². The third kappa shape index (κ3) is 2.11. The SMILES string of the molecule is COc1cc2c(cc1C#N)C(=O)C1=C3CC=C(Br)C=C3N=C1C2(C)C. The number of nitriles is 1. The fraction of sp³-hybridized carbons (Fsp3) is 0.250. The number of rotatable bonds is 1. The quantitative estimate of drug-likeness (QED) is 0.710. The number of allylic oxidation sites excluding steroid dienone is 5. The average molecular weight is 395 g/mol. The number of aliphatic imine (C=N–C) groups is 1. The van der Waals surface area contributed by atoms with E-state index in [1.54, 1.807) is 12.1 Å². The second kappa shape index (κ2) is 5.27. The summed E-state index contributed by atoms with van der Waals surface area (Å²) in [5.74, 6) is 0.426. The Morgan fingerprint density at radius 2 is 2.12 bits per heavy atom. The largest absolute Gasteiger partial charge is 0.495 e. The molecule has 4 rings (SSSR count). The lowest BCUT2D eigenvalue weighted by Gasteiger charge is -2.34. The molecule has 1 aromatic carbocycles. The van der Waals surface area contributed by atoms with Gasteiger partial charge >= 0.3 is 0 Å². The Kier molecular flexibility index (Phi) is 3.38. The lowest BCUT2D eigenvalue weighted by molar-refractivity contribution is 0.103. The smallest absolute Gasteiger partial charge is 0.195 e. The molecule has 0 fully saturated rings. The molecule has 2 aliphatic carbocycles. The minimum atomic E-state index is -0.447.